The Morgan fingerprint density at radius 1 is 1.35 bits per heavy atom. The molecule has 0 aromatic carbocycles. The van der Waals surface area contributed by atoms with Gasteiger partial charge >= 0.3 is 0 Å². The molecule has 10 heteroatoms. The van der Waals surface area contributed by atoms with Gasteiger partial charge in [0, 0.05) is 23.9 Å². The molecule has 0 aromatic heterocycles. The number of nitrogens with one attached hydrogen (secondary N) is 2. The number of nitrogens with zero attached hydrogens (tertiary/aromatic N) is 3. The number of hydrogen-bond acceptors (Lipinski definition) is 7. The molecule has 0 spiro atoms. The van der Waals surface area contributed by atoms with E-state index in [9.17, 15) is 18.5 Å². The predicted molar refractivity (Wildman–Crippen MR) is 103 cm³/mol. The molecule has 148 valence electrons. The number of hydrogen-bond donors (Lipinski definition) is 2. The Hall–Kier alpha value is -0.860. The molecule has 1 amide bonds. The average Bonchev–Trinajstić information content (AvgIpc) is 3.01. The van der Waals surface area contributed by atoms with E-state index in [1.807, 2.05) is 18.9 Å². The second-order valence-corrected chi connectivity index (χ2v) is 10.1. The number of thioether (sulfide) groups is 1. The lowest BCUT2D eigenvalue weighted by molar-refractivity contribution is -0.134. The molecule has 2 N–H and O–H groups in total. The Labute approximate surface area is 160 Å². The van der Waals surface area contributed by atoms with E-state index in [0.717, 1.165) is 25.7 Å². The van der Waals surface area contributed by atoms with Crippen molar-refractivity contribution in [2.75, 3.05) is 24.4 Å². The zero-order valence-electron chi connectivity index (χ0n) is 15.6. The number of rotatable bonds is 7. The molecule has 2 rings (SSSR count). The summed E-state index contributed by atoms with van der Waals surface area (Å²) in [7, 11) is -3.19. The summed E-state index contributed by atoms with van der Waals surface area (Å²) in [6, 6.07) is 2.19. The summed E-state index contributed by atoms with van der Waals surface area (Å²) in [6.45, 7) is 4.28. The van der Waals surface area contributed by atoms with Crippen molar-refractivity contribution in [2.24, 2.45) is 0 Å². The highest BCUT2D eigenvalue weighted by molar-refractivity contribution is 7.99. The van der Waals surface area contributed by atoms with Crippen molar-refractivity contribution in [3.63, 3.8) is 0 Å². The molecule has 2 aliphatic rings. The molecular formula is C16H29N5O3S2. The first-order valence-electron chi connectivity index (χ1n) is 8.96. The normalized spacial score (nSPS) is 27.1. The maximum Gasteiger partial charge on any atom is 0.240 e. The molecule has 1 aliphatic heterocycles. The van der Waals surface area contributed by atoms with Crippen molar-refractivity contribution < 1.29 is 13.2 Å². The van der Waals surface area contributed by atoms with Crippen LogP contribution in [0.3, 0.4) is 0 Å². The summed E-state index contributed by atoms with van der Waals surface area (Å²) in [5.74, 6) is 1.20. The molecule has 1 saturated carbocycles. The molecule has 1 aliphatic carbocycles. The van der Waals surface area contributed by atoms with E-state index >= 15 is 0 Å². The Bertz CT molecular complexity index is 626. The topological polar surface area (TPSA) is 106 Å². The quantitative estimate of drug-likeness (QED) is 0.596. The van der Waals surface area contributed by atoms with Gasteiger partial charge in [0.15, 0.2) is 0 Å². The first-order chi connectivity index (χ1) is 12.2. The van der Waals surface area contributed by atoms with Crippen LogP contribution in [0.2, 0.25) is 0 Å². The summed E-state index contributed by atoms with van der Waals surface area (Å²) >= 11 is 1.60. The van der Waals surface area contributed by atoms with Crippen LogP contribution in [0.15, 0.2) is 0 Å². The monoisotopic (exact) mass is 403 g/mol. The predicted octanol–water partition coefficient (Wildman–Crippen LogP) is 0.487. The largest absolute Gasteiger partial charge is 0.315 e. The van der Waals surface area contributed by atoms with Gasteiger partial charge in [0.1, 0.15) is 6.04 Å². The molecule has 0 radical (unpaired) electrons. The lowest BCUT2D eigenvalue weighted by atomic mass is 9.91. The number of sulfonamides is 1. The van der Waals surface area contributed by atoms with Crippen LogP contribution in [-0.4, -0.2) is 72.8 Å². The molecule has 1 saturated heterocycles. The lowest BCUT2D eigenvalue weighted by Crippen LogP contribution is -2.55. The number of carbonyl (C=O) groups excluding carboxylic acids is 1. The van der Waals surface area contributed by atoms with Crippen molar-refractivity contribution in [1.29, 1.82) is 5.26 Å². The molecule has 8 nitrogen and oxygen atoms in total. The second kappa shape index (κ2) is 9.37. The summed E-state index contributed by atoms with van der Waals surface area (Å²) in [5, 5.41) is 11.2. The minimum atomic E-state index is -3.19. The highest BCUT2D eigenvalue weighted by Crippen LogP contribution is 2.24. The molecule has 0 aromatic rings. The average molecular weight is 404 g/mol. The van der Waals surface area contributed by atoms with Crippen LogP contribution in [0, 0.1) is 11.3 Å². The highest BCUT2D eigenvalue weighted by Gasteiger charge is 2.33. The third kappa shape index (κ3) is 6.39. The summed E-state index contributed by atoms with van der Waals surface area (Å²) in [4.78, 5) is 14.3. The van der Waals surface area contributed by atoms with Gasteiger partial charge in [-0.15, -0.1) is 11.8 Å². The van der Waals surface area contributed by atoms with Crippen LogP contribution in [0.25, 0.3) is 0 Å². The fourth-order valence-electron chi connectivity index (χ4n) is 3.45. The van der Waals surface area contributed by atoms with Gasteiger partial charge in [-0.3, -0.25) is 10.2 Å². The number of amides is 1. The van der Waals surface area contributed by atoms with Gasteiger partial charge in [0.05, 0.1) is 24.7 Å². The highest BCUT2D eigenvalue weighted by atomic mass is 32.2. The van der Waals surface area contributed by atoms with Crippen LogP contribution in [-0.2, 0) is 14.8 Å². The Balaban J connectivity index is 1.95. The Morgan fingerprint density at radius 2 is 2.00 bits per heavy atom. The van der Waals surface area contributed by atoms with Gasteiger partial charge in [-0.25, -0.2) is 18.1 Å². The van der Waals surface area contributed by atoms with Gasteiger partial charge < -0.3 is 4.90 Å². The zero-order valence-corrected chi connectivity index (χ0v) is 17.3. The fraction of sp³-hybridized carbons (Fsp3) is 0.875. The first kappa shape index (κ1) is 21.4. The van der Waals surface area contributed by atoms with Gasteiger partial charge in [0.2, 0.25) is 15.9 Å². The third-order valence-corrected chi connectivity index (χ3v) is 6.37. The van der Waals surface area contributed by atoms with Crippen LogP contribution in [0.1, 0.15) is 39.5 Å². The molecule has 0 bridgehead atoms. The molecule has 2 fully saturated rings. The van der Waals surface area contributed by atoms with E-state index in [1.165, 1.54) is 6.26 Å². The van der Waals surface area contributed by atoms with Crippen LogP contribution >= 0.6 is 11.8 Å². The molecular weight excluding hydrogens is 374 g/mol. The third-order valence-electron chi connectivity index (χ3n) is 4.60. The van der Waals surface area contributed by atoms with Crippen molar-refractivity contribution >= 4 is 27.7 Å². The molecule has 1 unspecified atom stereocenters. The van der Waals surface area contributed by atoms with E-state index in [2.05, 4.69) is 16.2 Å². The van der Waals surface area contributed by atoms with E-state index in [4.69, 9.17) is 0 Å². The molecule has 26 heavy (non-hydrogen) atoms. The van der Waals surface area contributed by atoms with E-state index in [-0.39, 0.29) is 36.6 Å². The second-order valence-electron chi connectivity index (χ2n) is 7.32. The van der Waals surface area contributed by atoms with Crippen molar-refractivity contribution in [2.45, 2.75) is 63.7 Å². The molecule has 1 atom stereocenters. The molecule has 1 heterocycles. The van der Waals surface area contributed by atoms with Crippen molar-refractivity contribution in [3.05, 3.63) is 0 Å². The first-order valence-corrected chi connectivity index (χ1v) is 12.0. The summed E-state index contributed by atoms with van der Waals surface area (Å²) < 4.78 is 25.5. The number of nitriles is 1. The minimum absolute atomic E-state index is 0.0317. The van der Waals surface area contributed by atoms with Gasteiger partial charge in [0.25, 0.3) is 0 Å². The van der Waals surface area contributed by atoms with Crippen LogP contribution < -0.4 is 10.1 Å². The Morgan fingerprint density at radius 3 is 2.54 bits per heavy atom. The SMILES string of the molecule is CC(C)NN(CC(=O)N1CSCC1C#N)C1CCC(NS(C)(=O)=O)CC1. The maximum absolute atomic E-state index is 12.7. The summed E-state index contributed by atoms with van der Waals surface area (Å²) in [5.41, 5.74) is 3.36. The Kier molecular flexibility index (Phi) is 7.73. The van der Waals surface area contributed by atoms with Gasteiger partial charge in [-0.2, -0.15) is 5.26 Å². The van der Waals surface area contributed by atoms with E-state index in [1.54, 1.807) is 16.7 Å². The smallest absolute Gasteiger partial charge is 0.240 e. The standard InChI is InChI=1S/C16H29N5O3S2/c1-12(2)18-21(9-16(22)20-11-25-10-15(20)8-17)14-6-4-13(5-7-14)19-26(3,23)24/h12-15,18-19H,4-7,9-11H2,1-3H3. The summed E-state index contributed by atoms with van der Waals surface area (Å²) in [6.07, 6.45) is 4.32. The van der Waals surface area contributed by atoms with Crippen molar-refractivity contribution in [3.8, 4) is 6.07 Å². The van der Waals surface area contributed by atoms with E-state index in [0.29, 0.717) is 11.6 Å². The van der Waals surface area contributed by atoms with Gasteiger partial charge in [-0.1, -0.05) is 0 Å². The zero-order chi connectivity index (χ0) is 19.3. The van der Waals surface area contributed by atoms with Gasteiger partial charge in [-0.05, 0) is 39.5 Å². The fourth-order valence-corrected chi connectivity index (χ4v) is 5.40. The lowest BCUT2D eigenvalue weighted by Gasteiger charge is -2.38. The number of carbonyl (C=O) groups is 1. The van der Waals surface area contributed by atoms with Crippen LogP contribution in [0.4, 0.5) is 0 Å². The van der Waals surface area contributed by atoms with E-state index < -0.39 is 10.0 Å². The number of hydrazine groups is 1. The van der Waals surface area contributed by atoms with Crippen LogP contribution in [0.5, 0.6) is 0 Å². The van der Waals surface area contributed by atoms with Crippen molar-refractivity contribution in [1.82, 2.24) is 20.1 Å². The minimum Gasteiger partial charge on any atom is -0.315 e. The maximum atomic E-state index is 12.7.